The highest BCUT2D eigenvalue weighted by atomic mass is 35.5. The van der Waals surface area contributed by atoms with Gasteiger partial charge in [0.05, 0.1) is 17.8 Å². The van der Waals surface area contributed by atoms with Crippen molar-refractivity contribution in [2.24, 2.45) is 5.16 Å². The average molecular weight is 408 g/mol. The van der Waals surface area contributed by atoms with E-state index in [-0.39, 0.29) is 11.6 Å². The Kier molecular flexibility index (Phi) is 6.38. The molecule has 0 unspecified atom stereocenters. The van der Waals surface area contributed by atoms with Crippen LogP contribution >= 0.6 is 23.2 Å². The van der Waals surface area contributed by atoms with Crippen molar-refractivity contribution in [3.05, 3.63) is 51.3 Å². The lowest BCUT2D eigenvalue weighted by atomic mass is 10.2. The van der Waals surface area contributed by atoms with Gasteiger partial charge in [-0.15, -0.1) is 0 Å². The van der Waals surface area contributed by atoms with Gasteiger partial charge >= 0.3 is 18.2 Å². The fraction of sp³-hybridized carbons (Fsp3) is 0.200. The van der Waals surface area contributed by atoms with Crippen molar-refractivity contribution in [2.75, 3.05) is 6.61 Å². The molecule has 138 valence electrons. The molecule has 0 aliphatic carbocycles. The topological polar surface area (TPSA) is 73.7 Å². The minimum Gasteiger partial charge on any atom is -0.462 e. The third-order valence-electron chi connectivity index (χ3n) is 2.82. The van der Waals surface area contributed by atoms with Crippen LogP contribution in [0.15, 0.2) is 29.6 Å². The van der Waals surface area contributed by atoms with E-state index in [0.717, 1.165) is 6.21 Å². The first-order valence-corrected chi connectivity index (χ1v) is 7.74. The second kappa shape index (κ2) is 8.33. The van der Waals surface area contributed by atoms with Crippen molar-refractivity contribution in [2.45, 2.75) is 13.1 Å². The van der Waals surface area contributed by atoms with Crippen LogP contribution in [0, 0.1) is 0 Å². The maximum atomic E-state index is 13.1. The summed E-state index contributed by atoms with van der Waals surface area (Å²) in [6, 6.07) is 3.83. The van der Waals surface area contributed by atoms with E-state index in [9.17, 15) is 18.0 Å². The van der Waals surface area contributed by atoms with Crippen LogP contribution in [0.3, 0.4) is 0 Å². The zero-order chi connectivity index (χ0) is 19.3. The minimum atomic E-state index is -4.91. The zero-order valence-electron chi connectivity index (χ0n) is 13.1. The molecule has 0 aliphatic rings. The molecular formula is C15H10Cl2F3N3O3. The second-order valence-corrected chi connectivity index (χ2v) is 5.47. The van der Waals surface area contributed by atoms with Crippen LogP contribution in [0.5, 0.6) is 6.01 Å². The van der Waals surface area contributed by atoms with Gasteiger partial charge < -0.3 is 9.57 Å². The van der Waals surface area contributed by atoms with Crippen LogP contribution < -0.4 is 4.84 Å². The molecule has 26 heavy (non-hydrogen) atoms. The lowest BCUT2D eigenvalue weighted by molar-refractivity contribution is -0.142. The summed E-state index contributed by atoms with van der Waals surface area (Å²) >= 11 is 11.7. The predicted octanol–water partition coefficient (Wildman–Crippen LogP) is 4.39. The summed E-state index contributed by atoms with van der Waals surface area (Å²) in [4.78, 5) is 23.0. The van der Waals surface area contributed by atoms with Gasteiger partial charge in [-0.2, -0.15) is 18.2 Å². The number of benzene rings is 1. The van der Waals surface area contributed by atoms with Crippen LogP contribution in [0.25, 0.3) is 0 Å². The van der Waals surface area contributed by atoms with Gasteiger partial charge in [0.15, 0.2) is 5.69 Å². The number of halogens is 5. The van der Waals surface area contributed by atoms with Gasteiger partial charge in [0, 0.05) is 16.8 Å². The SMILES string of the molecule is CCOC(=O)c1cnc(ON=Cc2ccc(Cl)cc2Cl)nc1C(F)(F)F. The van der Waals surface area contributed by atoms with Crippen molar-refractivity contribution in [3.8, 4) is 6.01 Å². The van der Waals surface area contributed by atoms with E-state index in [0.29, 0.717) is 16.8 Å². The molecule has 2 aromatic rings. The van der Waals surface area contributed by atoms with E-state index in [4.69, 9.17) is 28.0 Å². The molecule has 6 nitrogen and oxygen atoms in total. The van der Waals surface area contributed by atoms with Gasteiger partial charge in [-0.05, 0) is 19.1 Å². The average Bonchev–Trinajstić information content (AvgIpc) is 2.56. The maximum Gasteiger partial charge on any atom is 0.434 e. The van der Waals surface area contributed by atoms with Gasteiger partial charge in [-0.3, -0.25) is 0 Å². The summed E-state index contributed by atoms with van der Waals surface area (Å²) in [5.41, 5.74) is -1.90. The monoisotopic (exact) mass is 407 g/mol. The number of esters is 1. The number of hydrogen-bond acceptors (Lipinski definition) is 6. The van der Waals surface area contributed by atoms with Crippen LogP contribution in [0.4, 0.5) is 13.2 Å². The number of aromatic nitrogens is 2. The van der Waals surface area contributed by atoms with Gasteiger partial charge in [0.1, 0.15) is 5.56 Å². The molecule has 11 heteroatoms. The molecule has 1 heterocycles. The maximum absolute atomic E-state index is 13.1. The summed E-state index contributed by atoms with van der Waals surface area (Å²) in [6.07, 6.45) is -3.10. The summed E-state index contributed by atoms with van der Waals surface area (Å²) < 4.78 is 43.8. The summed E-state index contributed by atoms with van der Waals surface area (Å²) in [5.74, 6) is -1.19. The number of alkyl halides is 3. The molecule has 0 spiro atoms. The highest BCUT2D eigenvalue weighted by Crippen LogP contribution is 2.31. The Morgan fingerprint density at radius 3 is 2.69 bits per heavy atom. The first-order valence-electron chi connectivity index (χ1n) is 6.99. The van der Waals surface area contributed by atoms with Crippen LogP contribution in [0.1, 0.15) is 28.5 Å². The summed E-state index contributed by atoms with van der Waals surface area (Å²) in [7, 11) is 0. The van der Waals surface area contributed by atoms with Crippen molar-refractivity contribution in [3.63, 3.8) is 0 Å². The van der Waals surface area contributed by atoms with Gasteiger partial charge in [-0.1, -0.05) is 34.4 Å². The molecule has 2 rings (SSSR count). The number of oxime groups is 1. The van der Waals surface area contributed by atoms with E-state index < -0.39 is 29.4 Å². The third kappa shape index (κ3) is 5.06. The molecule has 0 N–H and O–H groups in total. The molecule has 0 saturated heterocycles. The molecular weight excluding hydrogens is 398 g/mol. The largest absolute Gasteiger partial charge is 0.462 e. The van der Waals surface area contributed by atoms with Crippen molar-refractivity contribution < 1.29 is 27.5 Å². The molecule has 1 aromatic heterocycles. The molecule has 0 fully saturated rings. The number of carbonyl (C=O) groups excluding carboxylic acids is 1. The Labute approximate surface area is 155 Å². The first kappa shape index (κ1) is 19.9. The molecule has 1 aromatic carbocycles. The number of hydrogen-bond donors (Lipinski definition) is 0. The van der Waals surface area contributed by atoms with Crippen LogP contribution in [-0.2, 0) is 10.9 Å². The zero-order valence-corrected chi connectivity index (χ0v) is 14.6. The van der Waals surface area contributed by atoms with Gasteiger partial charge in [0.2, 0.25) is 0 Å². The highest BCUT2D eigenvalue weighted by molar-refractivity contribution is 6.36. The molecule has 0 bridgehead atoms. The number of nitrogens with zero attached hydrogens (tertiary/aromatic N) is 3. The van der Waals surface area contributed by atoms with Crippen molar-refractivity contribution >= 4 is 35.4 Å². The Hall–Kier alpha value is -2.39. The van der Waals surface area contributed by atoms with E-state index in [1.807, 2.05) is 0 Å². The standard InChI is InChI=1S/C15H10Cl2F3N3O3/c1-2-25-13(24)10-7-21-14(23-12(10)15(18,19)20)26-22-6-8-3-4-9(16)5-11(8)17/h3-7H,2H2,1H3. The molecule has 0 amide bonds. The highest BCUT2D eigenvalue weighted by Gasteiger charge is 2.39. The molecule has 0 aliphatic heterocycles. The molecule has 0 atom stereocenters. The summed E-state index contributed by atoms with van der Waals surface area (Å²) in [5, 5.41) is 4.14. The minimum absolute atomic E-state index is 0.0967. The fourth-order valence-electron chi connectivity index (χ4n) is 1.72. The number of rotatable bonds is 5. The van der Waals surface area contributed by atoms with E-state index >= 15 is 0 Å². The number of carbonyl (C=O) groups is 1. The molecule has 0 radical (unpaired) electrons. The smallest absolute Gasteiger partial charge is 0.434 e. The Bertz CT molecular complexity index is 845. The van der Waals surface area contributed by atoms with Crippen molar-refractivity contribution in [1.82, 2.24) is 9.97 Å². The van der Waals surface area contributed by atoms with E-state index in [2.05, 4.69) is 19.9 Å². The Morgan fingerprint density at radius 1 is 1.35 bits per heavy atom. The Balaban J connectivity index is 2.25. The molecule has 0 saturated carbocycles. The van der Waals surface area contributed by atoms with E-state index in [1.54, 1.807) is 6.07 Å². The first-order chi connectivity index (χ1) is 12.2. The van der Waals surface area contributed by atoms with Crippen LogP contribution in [-0.4, -0.2) is 28.8 Å². The quantitative estimate of drug-likeness (QED) is 0.417. The lowest BCUT2D eigenvalue weighted by Gasteiger charge is -2.10. The van der Waals surface area contributed by atoms with Crippen LogP contribution in [0.2, 0.25) is 10.0 Å². The second-order valence-electron chi connectivity index (χ2n) is 4.62. The number of ether oxygens (including phenoxy) is 1. The fourth-order valence-corrected chi connectivity index (χ4v) is 2.18. The normalized spacial score (nSPS) is 11.6. The van der Waals surface area contributed by atoms with Gasteiger partial charge in [-0.25, -0.2) is 9.78 Å². The van der Waals surface area contributed by atoms with E-state index in [1.165, 1.54) is 19.1 Å². The summed E-state index contributed by atoms with van der Waals surface area (Å²) in [6.45, 7) is 1.36. The Morgan fingerprint density at radius 2 is 2.08 bits per heavy atom. The van der Waals surface area contributed by atoms with Gasteiger partial charge in [0.25, 0.3) is 0 Å². The van der Waals surface area contributed by atoms with Crippen molar-refractivity contribution in [1.29, 1.82) is 0 Å². The predicted molar refractivity (Wildman–Crippen MR) is 87.7 cm³/mol. The third-order valence-corrected chi connectivity index (χ3v) is 3.38. The lowest BCUT2D eigenvalue weighted by Crippen LogP contribution is -2.18.